The van der Waals surface area contributed by atoms with E-state index in [2.05, 4.69) is 4.98 Å². The highest BCUT2D eigenvalue weighted by Crippen LogP contribution is 2.17. The summed E-state index contributed by atoms with van der Waals surface area (Å²) in [6.45, 7) is -0.430. The zero-order valence-electron chi connectivity index (χ0n) is 7.52. The van der Waals surface area contributed by atoms with Crippen LogP contribution in [0.1, 0.15) is 0 Å². The van der Waals surface area contributed by atoms with E-state index in [4.69, 9.17) is 14.3 Å². The predicted molar refractivity (Wildman–Crippen MR) is 50.0 cm³/mol. The summed E-state index contributed by atoms with van der Waals surface area (Å²) in [6.07, 6.45) is 0. The maximum Gasteiger partial charge on any atom is 0.417 e. The van der Waals surface area contributed by atoms with Crippen LogP contribution in [0.25, 0.3) is 11.1 Å². The zero-order chi connectivity index (χ0) is 10.8. The lowest BCUT2D eigenvalue weighted by Crippen LogP contribution is -2.09. The van der Waals surface area contributed by atoms with Gasteiger partial charge >= 0.3 is 11.7 Å². The Hall–Kier alpha value is -2.24. The molecule has 0 unspecified atom stereocenters. The Morgan fingerprint density at radius 3 is 3.07 bits per heavy atom. The topological polar surface area (TPSA) is 92.5 Å². The van der Waals surface area contributed by atoms with Gasteiger partial charge in [-0.15, -0.1) is 0 Å². The minimum Gasteiger partial charge on any atom is -0.482 e. The molecule has 6 nitrogen and oxygen atoms in total. The molecule has 0 aliphatic heterocycles. The fraction of sp³-hybridized carbons (Fsp3) is 0.111. The first-order chi connectivity index (χ1) is 7.15. The van der Waals surface area contributed by atoms with Gasteiger partial charge in [-0.05, 0) is 12.1 Å². The number of carboxylic acid groups (broad SMARTS) is 1. The molecule has 6 heteroatoms. The molecular formula is C9H7NO5. The summed E-state index contributed by atoms with van der Waals surface area (Å²) >= 11 is 0. The third kappa shape index (κ3) is 1.98. The van der Waals surface area contributed by atoms with E-state index in [1.165, 1.54) is 6.07 Å². The van der Waals surface area contributed by atoms with E-state index in [1.807, 2.05) is 0 Å². The van der Waals surface area contributed by atoms with Crippen molar-refractivity contribution in [3.63, 3.8) is 0 Å². The van der Waals surface area contributed by atoms with Crippen LogP contribution < -0.4 is 10.5 Å². The second-order valence-electron chi connectivity index (χ2n) is 2.85. The summed E-state index contributed by atoms with van der Waals surface area (Å²) in [5.41, 5.74) is 0.880. The number of hydrogen-bond donors (Lipinski definition) is 2. The quantitative estimate of drug-likeness (QED) is 0.771. The number of oxazole rings is 1. The molecule has 2 rings (SSSR count). The first-order valence-corrected chi connectivity index (χ1v) is 4.12. The predicted octanol–water partition coefficient (Wildman–Crippen LogP) is 0.585. The first kappa shape index (κ1) is 9.32. The van der Waals surface area contributed by atoms with E-state index in [0.717, 1.165) is 0 Å². The van der Waals surface area contributed by atoms with Crippen molar-refractivity contribution in [3.8, 4) is 5.75 Å². The van der Waals surface area contributed by atoms with E-state index in [9.17, 15) is 9.59 Å². The van der Waals surface area contributed by atoms with Gasteiger partial charge in [-0.3, -0.25) is 4.98 Å². The monoisotopic (exact) mass is 209 g/mol. The Balaban J connectivity index is 2.30. The molecule has 0 atom stereocenters. The van der Waals surface area contributed by atoms with E-state index in [1.54, 1.807) is 12.1 Å². The first-order valence-electron chi connectivity index (χ1n) is 4.12. The summed E-state index contributed by atoms with van der Waals surface area (Å²) in [6, 6.07) is 4.59. The molecule has 15 heavy (non-hydrogen) atoms. The lowest BCUT2D eigenvalue weighted by Gasteiger charge is -2.01. The molecule has 0 amide bonds. The number of nitrogens with one attached hydrogen (secondary N) is 1. The Morgan fingerprint density at radius 1 is 1.53 bits per heavy atom. The number of carbonyl (C=O) groups is 1. The van der Waals surface area contributed by atoms with E-state index in [-0.39, 0.29) is 0 Å². The lowest BCUT2D eigenvalue weighted by molar-refractivity contribution is -0.139. The third-order valence-electron chi connectivity index (χ3n) is 1.75. The standard InChI is InChI=1S/C9H7NO5/c11-8(12)4-14-5-1-2-6-7(3-5)15-9(13)10-6/h1-3H,4H2,(H,10,13)(H,11,12). The summed E-state index contributed by atoms with van der Waals surface area (Å²) in [7, 11) is 0. The van der Waals surface area contributed by atoms with Gasteiger partial charge in [-0.1, -0.05) is 0 Å². The number of aromatic nitrogens is 1. The highest BCUT2D eigenvalue weighted by atomic mass is 16.5. The van der Waals surface area contributed by atoms with E-state index in [0.29, 0.717) is 16.8 Å². The van der Waals surface area contributed by atoms with E-state index >= 15 is 0 Å². The van der Waals surface area contributed by atoms with Gasteiger partial charge in [0.25, 0.3) is 0 Å². The van der Waals surface area contributed by atoms with Crippen LogP contribution in [0.5, 0.6) is 5.75 Å². The van der Waals surface area contributed by atoms with Gasteiger partial charge in [0.1, 0.15) is 5.75 Å². The van der Waals surface area contributed by atoms with Crippen molar-refractivity contribution in [2.75, 3.05) is 6.61 Å². The maximum atomic E-state index is 10.8. The number of H-pyrrole nitrogens is 1. The number of aromatic amines is 1. The Labute approximate surface area is 83.1 Å². The van der Waals surface area contributed by atoms with Crippen LogP contribution in [0.3, 0.4) is 0 Å². The molecule has 0 aliphatic rings. The number of carboxylic acids is 1. The molecule has 1 aromatic heterocycles. The average Bonchev–Trinajstić information content (AvgIpc) is 2.53. The Kier molecular flexibility index (Phi) is 2.17. The molecule has 1 aromatic carbocycles. The smallest absolute Gasteiger partial charge is 0.417 e. The van der Waals surface area contributed by atoms with Crippen LogP contribution in [0.4, 0.5) is 0 Å². The van der Waals surface area contributed by atoms with Gasteiger partial charge in [0.15, 0.2) is 12.2 Å². The second-order valence-corrected chi connectivity index (χ2v) is 2.85. The van der Waals surface area contributed by atoms with Gasteiger partial charge in [0.2, 0.25) is 0 Å². The van der Waals surface area contributed by atoms with Crippen LogP contribution in [-0.2, 0) is 4.79 Å². The number of ether oxygens (including phenoxy) is 1. The Bertz CT molecular complexity index is 553. The lowest BCUT2D eigenvalue weighted by atomic mass is 10.3. The molecule has 0 fully saturated rings. The van der Waals surface area contributed by atoms with Crippen LogP contribution >= 0.6 is 0 Å². The third-order valence-corrected chi connectivity index (χ3v) is 1.75. The molecule has 2 aromatic rings. The van der Waals surface area contributed by atoms with Gasteiger partial charge < -0.3 is 14.3 Å². The van der Waals surface area contributed by atoms with Crippen molar-refractivity contribution in [3.05, 3.63) is 28.7 Å². The van der Waals surface area contributed by atoms with Crippen molar-refractivity contribution in [2.45, 2.75) is 0 Å². The van der Waals surface area contributed by atoms with Gasteiger partial charge in [-0.25, -0.2) is 9.59 Å². The zero-order valence-corrected chi connectivity index (χ0v) is 7.52. The number of fused-ring (bicyclic) bond motifs is 1. The van der Waals surface area contributed by atoms with Crippen molar-refractivity contribution < 1.29 is 19.1 Å². The largest absolute Gasteiger partial charge is 0.482 e. The molecule has 0 saturated heterocycles. The van der Waals surface area contributed by atoms with E-state index < -0.39 is 18.3 Å². The average molecular weight is 209 g/mol. The highest BCUT2D eigenvalue weighted by Gasteiger charge is 2.04. The van der Waals surface area contributed by atoms with Gasteiger partial charge in [0, 0.05) is 6.07 Å². The molecule has 0 radical (unpaired) electrons. The fourth-order valence-corrected chi connectivity index (χ4v) is 1.16. The van der Waals surface area contributed by atoms with Crippen molar-refractivity contribution in [2.24, 2.45) is 0 Å². The maximum absolute atomic E-state index is 10.8. The highest BCUT2D eigenvalue weighted by molar-refractivity contribution is 5.74. The van der Waals surface area contributed by atoms with Crippen molar-refractivity contribution in [1.29, 1.82) is 0 Å². The number of aliphatic carboxylic acids is 1. The molecule has 0 bridgehead atoms. The second kappa shape index (κ2) is 3.49. The van der Waals surface area contributed by atoms with Crippen LogP contribution in [0.2, 0.25) is 0 Å². The number of rotatable bonds is 3. The Morgan fingerprint density at radius 2 is 2.33 bits per heavy atom. The summed E-state index contributed by atoms with van der Waals surface area (Å²) in [4.78, 5) is 23.5. The molecule has 0 aliphatic carbocycles. The minimum atomic E-state index is -1.06. The molecular weight excluding hydrogens is 202 g/mol. The number of hydrogen-bond acceptors (Lipinski definition) is 4. The minimum absolute atomic E-state index is 0.336. The normalized spacial score (nSPS) is 10.4. The van der Waals surface area contributed by atoms with Crippen LogP contribution in [0, 0.1) is 0 Å². The molecule has 2 N–H and O–H groups in total. The van der Waals surface area contributed by atoms with Gasteiger partial charge in [0.05, 0.1) is 5.52 Å². The fourth-order valence-electron chi connectivity index (χ4n) is 1.16. The molecule has 0 spiro atoms. The SMILES string of the molecule is O=C(O)COc1ccc2[nH]c(=O)oc2c1. The van der Waals surface area contributed by atoms with Gasteiger partial charge in [-0.2, -0.15) is 0 Å². The number of benzene rings is 1. The summed E-state index contributed by atoms with van der Waals surface area (Å²) in [5, 5.41) is 8.39. The summed E-state index contributed by atoms with van der Waals surface area (Å²) in [5.74, 6) is -1.28. The van der Waals surface area contributed by atoms with Crippen LogP contribution in [0.15, 0.2) is 27.4 Å². The van der Waals surface area contributed by atoms with Crippen LogP contribution in [-0.4, -0.2) is 22.7 Å². The molecule has 0 saturated carbocycles. The van der Waals surface area contributed by atoms with Crippen molar-refractivity contribution >= 4 is 17.1 Å². The summed E-state index contributed by atoms with van der Waals surface area (Å²) < 4.78 is 9.69. The van der Waals surface area contributed by atoms with Crippen molar-refractivity contribution in [1.82, 2.24) is 4.98 Å². The molecule has 1 heterocycles. The molecule has 78 valence electrons.